The number of ether oxygens (including phenoxy) is 1. The molecule has 0 radical (unpaired) electrons. The van der Waals surface area contributed by atoms with Gasteiger partial charge in [0.25, 0.3) is 5.91 Å². The van der Waals surface area contributed by atoms with Gasteiger partial charge in [-0.2, -0.15) is 0 Å². The van der Waals surface area contributed by atoms with E-state index in [2.05, 4.69) is 35.1 Å². The van der Waals surface area contributed by atoms with Crippen molar-refractivity contribution in [3.63, 3.8) is 0 Å². The van der Waals surface area contributed by atoms with E-state index in [-0.39, 0.29) is 31.0 Å². The molecular weight excluding hydrogens is 564 g/mol. The number of benzene rings is 3. The van der Waals surface area contributed by atoms with Crippen LogP contribution in [0.15, 0.2) is 77.3 Å². The molecule has 0 fully saturated rings. The SMILES string of the molecule is CCC(C)NC(=O)C(Cc1ccccc1)N(Cc1ccccc1Cl)C(=O)COc1ccc(C(C)C)cc1Br. The van der Waals surface area contributed by atoms with Crippen molar-refractivity contribution in [2.75, 3.05) is 6.61 Å². The fourth-order valence-corrected chi connectivity index (χ4v) is 4.73. The van der Waals surface area contributed by atoms with Crippen LogP contribution < -0.4 is 10.1 Å². The molecule has 3 aromatic rings. The number of amides is 2. The predicted octanol–water partition coefficient (Wildman–Crippen LogP) is 7.16. The van der Waals surface area contributed by atoms with Crippen LogP contribution in [0.3, 0.4) is 0 Å². The van der Waals surface area contributed by atoms with Crippen LogP contribution in [-0.4, -0.2) is 35.4 Å². The van der Waals surface area contributed by atoms with Gasteiger partial charge in [0.1, 0.15) is 11.8 Å². The second-order valence-corrected chi connectivity index (χ2v) is 11.0. The van der Waals surface area contributed by atoms with Gasteiger partial charge in [0.2, 0.25) is 5.91 Å². The zero-order chi connectivity index (χ0) is 27.7. The summed E-state index contributed by atoms with van der Waals surface area (Å²) in [5, 5.41) is 3.61. The molecule has 0 saturated carbocycles. The molecular formula is C31H36BrClN2O3. The van der Waals surface area contributed by atoms with Gasteiger partial charge in [0.05, 0.1) is 4.47 Å². The van der Waals surface area contributed by atoms with Gasteiger partial charge in [-0.05, 0) is 70.1 Å². The first-order valence-electron chi connectivity index (χ1n) is 13.0. The van der Waals surface area contributed by atoms with Crippen LogP contribution in [0.25, 0.3) is 0 Å². The molecule has 0 heterocycles. The normalized spacial score (nSPS) is 12.6. The zero-order valence-electron chi connectivity index (χ0n) is 22.4. The van der Waals surface area contributed by atoms with E-state index in [1.54, 1.807) is 11.0 Å². The first-order chi connectivity index (χ1) is 18.2. The van der Waals surface area contributed by atoms with Gasteiger partial charge < -0.3 is 15.0 Å². The van der Waals surface area contributed by atoms with E-state index in [1.165, 1.54) is 5.56 Å². The topological polar surface area (TPSA) is 58.6 Å². The van der Waals surface area contributed by atoms with Gasteiger partial charge in [-0.3, -0.25) is 9.59 Å². The summed E-state index contributed by atoms with van der Waals surface area (Å²) in [6, 6.07) is 22.2. The molecule has 5 nitrogen and oxygen atoms in total. The van der Waals surface area contributed by atoms with Crippen LogP contribution in [0.1, 0.15) is 56.7 Å². The quantitative estimate of drug-likeness (QED) is 0.240. The van der Waals surface area contributed by atoms with Crippen molar-refractivity contribution in [1.82, 2.24) is 10.2 Å². The van der Waals surface area contributed by atoms with Gasteiger partial charge in [-0.1, -0.05) is 87.0 Å². The highest BCUT2D eigenvalue weighted by Gasteiger charge is 2.31. The molecule has 2 amide bonds. The maximum absolute atomic E-state index is 13.8. The van der Waals surface area contributed by atoms with Crippen LogP contribution in [0, 0.1) is 0 Å². The van der Waals surface area contributed by atoms with Crippen molar-refractivity contribution >= 4 is 39.3 Å². The fourth-order valence-electron chi connectivity index (χ4n) is 4.02. The van der Waals surface area contributed by atoms with E-state index in [0.29, 0.717) is 23.1 Å². The van der Waals surface area contributed by atoms with E-state index in [4.69, 9.17) is 16.3 Å². The van der Waals surface area contributed by atoms with Crippen LogP contribution in [-0.2, 0) is 22.6 Å². The lowest BCUT2D eigenvalue weighted by molar-refractivity contribution is -0.143. The van der Waals surface area contributed by atoms with Crippen LogP contribution >= 0.6 is 27.5 Å². The largest absolute Gasteiger partial charge is 0.483 e. The third kappa shape index (κ3) is 8.34. The summed E-state index contributed by atoms with van der Waals surface area (Å²) in [7, 11) is 0. The Morgan fingerprint density at radius 2 is 1.68 bits per heavy atom. The molecule has 0 aliphatic rings. The van der Waals surface area contributed by atoms with Crippen molar-refractivity contribution in [1.29, 1.82) is 0 Å². The number of nitrogens with one attached hydrogen (secondary N) is 1. The monoisotopic (exact) mass is 598 g/mol. The molecule has 2 unspecified atom stereocenters. The van der Waals surface area contributed by atoms with Gasteiger partial charge in [-0.15, -0.1) is 0 Å². The van der Waals surface area contributed by atoms with E-state index < -0.39 is 6.04 Å². The molecule has 0 bridgehead atoms. The maximum Gasteiger partial charge on any atom is 0.261 e. The number of rotatable bonds is 12. The Kier molecular flexibility index (Phi) is 11.2. The number of carbonyl (C=O) groups is 2. The molecule has 202 valence electrons. The number of hydrogen-bond acceptors (Lipinski definition) is 3. The smallest absolute Gasteiger partial charge is 0.261 e. The molecule has 0 aromatic heterocycles. The molecule has 0 aliphatic carbocycles. The lowest BCUT2D eigenvalue weighted by atomic mass is 10.0. The standard InChI is InChI=1S/C31H36BrClN2O3/c1-5-22(4)34-31(37)28(17-23-11-7-6-8-12-23)35(19-25-13-9-10-14-27(25)33)30(36)20-38-29-16-15-24(21(2)3)18-26(29)32/h6-16,18,21-22,28H,5,17,19-20H2,1-4H3,(H,34,37). The second-order valence-electron chi connectivity index (χ2n) is 9.77. The molecule has 7 heteroatoms. The van der Waals surface area contributed by atoms with Crippen molar-refractivity contribution in [2.24, 2.45) is 0 Å². The minimum Gasteiger partial charge on any atom is -0.483 e. The van der Waals surface area contributed by atoms with E-state index >= 15 is 0 Å². The first kappa shape index (κ1) is 29.7. The lowest BCUT2D eigenvalue weighted by Crippen LogP contribution is -2.53. The summed E-state index contributed by atoms with van der Waals surface area (Å²) in [5.74, 6) is 0.441. The summed E-state index contributed by atoms with van der Waals surface area (Å²) in [4.78, 5) is 28.9. The molecule has 0 aliphatic heterocycles. The summed E-state index contributed by atoms with van der Waals surface area (Å²) in [5.41, 5.74) is 2.89. The Morgan fingerprint density at radius 3 is 2.32 bits per heavy atom. The van der Waals surface area contributed by atoms with Gasteiger partial charge >= 0.3 is 0 Å². The predicted molar refractivity (Wildman–Crippen MR) is 158 cm³/mol. The molecule has 38 heavy (non-hydrogen) atoms. The Balaban J connectivity index is 1.92. The highest BCUT2D eigenvalue weighted by molar-refractivity contribution is 9.10. The molecule has 0 saturated heterocycles. The van der Waals surface area contributed by atoms with Gasteiger partial charge in [-0.25, -0.2) is 0 Å². The molecule has 3 rings (SSSR count). The Bertz CT molecular complexity index is 1220. The summed E-state index contributed by atoms with van der Waals surface area (Å²) in [6.45, 7) is 8.18. The van der Waals surface area contributed by atoms with Gasteiger partial charge in [0.15, 0.2) is 6.61 Å². The third-order valence-corrected chi connectivity index (χ3v) is 7.53. The summed E-state index contributed by atoms with van der Waals surface area (Å²) in [6.07, 6.45) is 1.15. The number of carbonyl (C=O) groups excluding carboxylic acids is 2. The lowest BCUT2D eigenvalue weighted by Gasteiger charge is -2.32. The number of hydrogen-bond donors (Lipinski definition) is 1. The Hall–Kier alpha value is -2.83. The van der Waals surface area contributed by atoms with Crippen molar-refractivity contribution < 1.29 is 14.3 Å². The molecule has 3 aromatic carbocycles. The van der Waals surface area contributed by atoms with E-state index in [1.807, 2.05) is 80.6 Å². The van der Waals surface area contributed by atoms with Crippen LogP contribution in [0.5, 0.6) is 5.75 Å². The number of halogens is 2. The highest BCUT2D eigenvalue weighted by atomic mass is 79.9. The van der Waals surface area contributed by atoms with Crippen molar-refractivity contribution in [2.45, 2.75) is 65.1 Å². The fraction of sp³-hybridized carbons (Fsp3) is 0.355. The minimum atomic E-state index is -0.745. The Labute approximate surface area is 239 Å². The van der Waals surface area contributed by atoms with Crippen molar-refractivity contribution in [3.05, 3.63) is 99.0 Å². The highest BCUT2D eigenvalue weighted by Crippen LogP contribution is 2.29. The summed E-state index contributed by atoms with van der Waals surface area (Å²) < 4.78 is 6.74. The Morgan fingerprint density at radius 1 is 1.00 bits per heavy atom. The van der Waals surface area contributed by atoms with E-state index in [0.717, 1.165) is 22.0 Å². The van der Waals surface area contributed by atoms with Crippen molar-refractivity contribution in [3.8, 4) is 5.75 Å². The molecule has 2 atom stereocenters. The zero-order valence-corrected chi connectivity index (χ0v) is 24.8. The van der Waals surface area contributed by atoms with Crippen LogP contribution in [0.2, 0.25) is 5.02 Å². The van der Waals surface area contributed by atoms with Gasteiger partial charge in [0, 0.05) is 24.0 Å². The second kappa shape index (κ2) is 14.4. The maximum atomic E-state index is 13.8. The summed E-state index contributed by atoms with van der Waals surface area (Å²) >= 11 is 10.0. The van der Waals surface area contributed by atoms with E-state index in [9.17, 15) is 9.59 Å². The number of nitrogens with zero attached hydrogens (tertiary/aromatic N) is 1. The molecule has 1 N–H and O–H groups in total. The average molecular weight is 600 g/mol. The molecule has 0 spiro atoms. The van der Waals surface area contributed by atoms with Crippen LogP contribution in [0.4, 0.5) is 0 Å². The average Bonchev–Trinajstić information content (AvgIpc) is 2.91. The minimum absolute atomic E-state index is 0.0234. The third-order valence-electron chi connectivity index (χ3n) is 6.54. The first-order valence-corrected chi connectivity index (χ1v) is 14.2.